The Morgan fingerprint density at radius 1 is 1.53 bits per heavy atom. The molecule has 7 nitrogen and oxygen atoms in total. The van der Waals surface area contributed by atoms with E-state index in [9.17, 15) is 4.79 Å². The number of hydrogen-bond acceptors (Lipinski definition) is 5. The number of amides is 1. The van der Waals surface area contributed by atoms with Crippen LogP contribution in [0.1, 0.15) is 28.0 Å². The highest BCUT2D eigenvalue weighted by Gasteiger charge is 2.20. The fraction of sp³-hybridized carbons (Fsp3) is 0.400. The fourth-order valence-electron chi connectivity index (χ4n) is 1.51. The minimum atomic E-state index is -0.223. The van der Waals surface area contributed by atoms with Gasteiger partial charge in [-0.05, 0) is 6.92 Å². The number of rotatable bonds is 3. The highest BCUT2D eigenvalue weighted by atomic mass is 16.4. The van der Waals surface area contributed by atoms with Crippen LogP contribution in [-0.2, 0) is 6.54 Å². The van der Waals surface area contributed by atoms with Gasteiger partial charge < -0.3 is 9.32 Å². The number of carbonyl (C=O) groups is 1. The van der Waals surface area contributed by atoms with Crippen LogP contribution in [0.5, 0.6) is 0 Å². The van der Waals surface area contributed by atoms with Crippen molar-refractivity contribution in [3.05, 3.63) is 29.5 Å². The Bertz CT molecular complexity index is 517. The SMILES string of the molecule is Cc1nc(C)c(C(=O)N(C)Cc2ncn[nH]2)o1. The molecule has 0 fully saturated rings. The van der Waals surface area contributed by atoms with Crippen LogP contribution in [-0.4, -0.2) is 38.0 Å². The van der Waals surface area contributed by atoms with Gasteiger partial charge in [0.15, 0.2) is 5.89 Å². The van der Waals surface area contributed by atoms with Crippen LogP contribution >= 0.6 is 0 Å². The summed E-state index contributed by atoms with van der Waals surface area (Å²) in [5.41, 5.74) is 0.594. The van der Waals surface area contributed by atoms with E-state index in [1.807, 2.05) is 0 Å². The van der Waals surface area contributed by atoms with E-state index in [0.29, 0.717) is 24.0 Å². The van der Waals surface area contributed by atoms with Gasteiger partial charge in [0.1, 0.15) is 12.2 Å². The first-order valence-electron chi connectivity index (χ1n) is 5.11. The van der Waals surface area contributed by atoms with Crippen molar-refractivity contribution in [2.75, 3.05) is 7.05 Å². The molecule has 0 saturated carbocycles. The van der Waals surface area contributed by atoms with Crippen molar-refractivity contribution in [1.29, 1.82) is 0 Å². The minimum Gasteiger partial charge on any atom is -0.436 e. The Hall–Kier alpha value is -2.18. The molecule has 2 rings (SSSR count). The van der Waals surface area contributed by atoms with Gasteiger partial charge in [-0.3, -0.25) is 9.89 Å². The van der Waals surface area contributed by atoms with Crippen LogP contribution in [0.15, 0.2) is 10.7 Å². The van der Waals surface area contributed by atoms with Crippen LogP contribution in [0.25, 0.3) is 0 Å². The van der Waals surface area contributed by atoms with Crippen molar-refractivity contribution < 1.29 is 9.21 Å². The molecule has 90 valence electrons. The molecular formula is C10H13N5O2. The van der Waals surface area contributed by atoms with Crippen molar-refractivity contribution in [1.82, 2.24) is 25.1 Å². The molecule has 0 aliphatic carbocycles. The standard InChI is InChI=1S/C10H13N5O2/c1-6-9(17-7(2)13-6)10(16)15(3)4-8-11-5-12-14-8/h5H,4H2,1-3H3,(H,11,12,14). The zero-order valence-electron chi connectivity index (χ0n) is 9.89. The molecule has 2 aromatic heterocycles. The maximum absolute atomic E-state index is 12.0. The molecule has 1 amide bonds. The molecule has 0 atom stereocenters. The number of aromatic amines is 1. The summed E-state index contributed by atoms with van der Waals surface area (Å²) < 4.78 is 5.27. The lowest BCUT2D eigenvalue weighted by Crippen LogP contribution is -2.27. The van der Waals surface area contributed by atoms with Crippen LogP contribution in [0.3, 0.4) is 0 Å². The summed E-state index contributed by atoms with van der Waals surface area (Å²) in [5, 5.41) is 6.41. The third-order valence-corrected chi connectivity index (χ3v) is 2.30. The third-order valence-electron chi connectivity index (χ3n) is 2.30. The second-order valence-corrected chi connectivity index (χ2v) is 3.74. The summed E-state index contributed by atoms with van der Waals surface area (Å²) in [6.07, 6.45) is 1.40. The zero-order chi connectivity index (χ0) is 12.4. The van der Waals surface area contributed by atoms with Gasteiger partial charge in [0, 0.05) is 14.0 Å². The molecule has 0 radical (unpaired) electrons. The normalized spacial score (nSPS) is 10.5. The first-order valence-corrected chi connectivity index (χ1v) is 5.11. The van der Waals surface area contributed by atoms with Crippen molar-refractivity contribution in [2.24, 2.45) is 0 Å². The molecule has 0 bridgehead atoms. The fourth-order valence-corrected chi connectivity index (χ4v) is 1.51. The smallest absolute Gasteiger partial charge is 0.291 e. The van der Waals surface area contributed by atoms with Crippen molar-refractivity contribution >= 4 is 5.91 Å². The molecule has 1 N–H and O–H groups in total. The van der Waals surface area contributed by atoms with E-state index in [2.05, 4.69) is 20.2 Å². The monoisotopic (exact) mass is 235 g/mol. The van der Waals surface area contributed by atoms with Crippen LogP contribution in [0.2, 0.25) is 0 Å². The molecule has 0 aliphatic rings. The average molecular weight is 235 g/mol. The Balaban J connectivity index is 2.12. The summed E-state index contributed by atoms with van der Waals surface area (Å²) >= 11 is 0. The lowest BCUT2D eigenvalue weighted by atomic mass is 10.3. The molecule has 0 aromatic carbocycles. The van der Waals surface area contributed by atoms with Gasteiger partial charge in [0.25, 0.3) is 5.91 Å². The second kappa shape index (κ2) is 4.36. The number of hydrogen-bond donors (Lipinski definition) is 1. The number of carbonyl (C=O) groups excluding carboxylic acids is 1. The zero-order valence-corrected chi connectivity index (χ0v) is 9.89. The first kappa shape index (κ1) is 11.3. The molecule has 7 heteroatoms. The van der Waals surface area contributed by atoms with Gasteiger partial charge in [-0.1, -0.05) is 0 Å². The molecule has 0 saturated heterocycles. The maximum atomic E-state index is 12.0. The number of oxazole rings is 1. The van der Waals surface area contributed by atoms with Gasteiger partial charge in [0.2, 0.25) is 5.76 Å². The highest BCUT2D eigenvalue weighted by Crippen LogP contribution is 2.12. The van der Waals surface area contributed by atoms with Gasteiger partial charge in [-0.2, -0.15) is 5.10 Å². The van der Waals surface area contributed by atoms with Crippen molar-refractivity contribution in [2.45, 2.75) is 20.4 Å². The maximum Gasteiger partial charge on any atom is 0.291 e. The minimum absolute atomic E-state index is 0.223. The number of aromatic nitrogens is 4. The molecule has 2 aromatic rings. The lowest BCUT2D eigenvalue weighted by Gasteiger charge is -2.13. The van der Waals surface area contributed by atoms with E-state index in [-0.39, 0.29) is 11.7 Å². The summed E-state index contributed by atoms with van der Waals surface area (Å²) in [7, 11) is 1.67. The Morgan fingerprint density at radius 2 is 2.29 bits per heavy atom. The van der Waals surface area contributed by atoms with Crippen LogP contribution in [0.4, 0.5) is 0 Å². The second-order valence-electron chi connectivity index (χ2n) is 3.74. The first-order chi connectivity index (χ1) is 8.08. The van der Waals surface area contributed by atoms with E-state index >= 15 is 0 Å². The van der Waals surface area contributed by atoms with Gasteiger partial charge in [-0.25, -0.2) is 9.97 Å². The summed E-state index contributed by atoms with van der Waals surface area (Å²) in [4.78, 5) is 21.5. The highest BCUT2D eigenvalue weighted by molar-refractivity contribution is 5.92. The van der Waals surface area contributed by atoms with Crippen molar-refractivity contribution in [3.63, 3.8) is 0 Å². The molecule has 0 aliphatic heterocycles. The molecule has 2 heterocycles. The van der Waals surface area contributed by atoms with Crippen LogP contribution in [0, 0.1) is 13.8 Å². The Morgan fingerprint density at radius 3 is 2.82 bits per heavy atom. The lowest BCUT2D eigenvalue weighted by molar-refractivity contribution is 0.0747. The van der Waals surface area contributed by atoms with E-state index in [4.69, 9.17) is 4.42 Å². The number of nitrogens with zero attached hydrogens (tertiary/aromatic N) is 4. The number of nitrogens with one attached hydrogen (secondary N) is 1. The number of aryl methyl sites for hydroxylation is 2. The third kappa shape index (κ3) is 2.32. The topological polar surface area (TPSA) is 87.9 Å². The van der Waals surface area contributed by atoms with Gasteiger partial charge >= 0.3 is 0 Å². The largest absolute Gasteiger partial charge is 0.436 e. The number of H-pyrrole nitrogens is 1. The quantitative estimate of drug-likeness (QED) is 0.845. The Labute approximate surface area is 97.9 Å². The van der Waals surface area contributed by atoms with E-state index in [1.165, 1.54) is 11.2 Å². The average Bonchev–Trinajstić information content (AvgIpc) is 2.87. The molecular weight excluding hydrogens is 222 g/mol. The molecule has 17 heavy (non-hydrogen) atoms. The molecule has 0 unspecified atom stereocenters. The predicted octanol–water partition coefficient (Wildman–Crippen LogP) is 0.682. The summed E-state index contributed by atoms with van der Waals surface area (Å²) in [6, 6.07) is 0. The summed E-state index contributed by atoms with van der Waals surface area (Å²) in [6.45, 7) is 3.80. The van der Waals surface area contributed by atoms with E-state index in [1.54, 1.807) is 20.9 Å². The molecule has 0 spiro atoms. The van der Waals surface area contributed by atoms with Crippen molar-refractivity contribution in [3.8, 4) is 0 Å². The Kier molecular flexibility index (Phi) is 2.90. The summed E-state index contributed by atoms with van der Waals surface area (Å²) in [5.74, 6) is 1.15. The van der Waals surface area contributed by atoms with E-state index in [0.717, 1.165) is 0 Å². The van der Waals surface area contributed by atoms with Gasteiger partial charge in [0.05, 0.1) is 12.2 Å². The van der Waals surface area contributed by atoms with Crippen LogP contribution < -0.4 is 0 Å². The van der Waals surface area contributed by atoms with Gasteiger partial charge in [-0.15, -0.1) is 0 Å². The van der Waals surface area contributed by atoms with E-state index < -0.39 is 0 Å². The predicted molar refractivity (Wildman–Crippen MR) is 58.2 cm³/mol.